The number of hydrogen-bond donors (Lipinski definition) is 0. The average Bonchev–Trinajstić information content (AvgIpc) is 2.42. The Hall–Kier alpha value is -1.14. The Kier molecular flexibility index (Phi) is 5.91. The van der Waals surface area contributed by atoms with Gasteiger partial charge in [0, 0.05) is 42.3 Å². The van der Waals surface area contributed by atoms with Crippen LogP contribution in [0.4, 0.5) is 9.18 Å². The Labute approximate surface area is 152 Å². The quantitative estimate of drug-likeness (QED) is 0.739. The number of carbonyl (C=O) groups is 1. The van der Waals surface area contributed by atoms with Gasteiger partial charge in [0.15, 0.2) is 0 Å². The molecule has 0 N–H and O–H groups in total. The first-order valence-electron chi connectivity index (χ1n) is 8.23. The Bertz CT molecular complexity index is 616. The Morgan fingerprint density at radius 3 is 2.62 bits per heavy atom. The minimum atomic E-state index is -0.494. The van der Waals surface area contributed by atoms with Crippen molar-refractivity contribution < 1.29 is 13.9 Å². The van der Waals surface area contributed by atoms with Gasteiger partial charge in [-0.2, -0.15) is 0 Å². The maximum absolute atomic E-state index is 14.1. The van der Waals surface area contributed by atoms with E-state index < -0.39 is 5.60 Å². The molecular weight excluding hydrogens is 375 g/mol. The van der Waals surface area contributed by atoms with Crippen LogP contribution in [0.25, 0.3) is 0 Å². The summed E-state index contributed by atoms with van der Waals surface area (Å²) in [5, 5.41) is 0. The predicted octanol–water partition coefficient (Wildman–Crippen LogP) is 4.34. The second-order valence-corrected chi connectivity index (χ2v) is 8.31. The van der Waals surface area contributed by atoms with Crippen molar-refractivity contribution in [3.05, 3.63) is 33.5 Å². The first-order valence-corrected chi connectivity index (χ1v) is 9.02. The number of amides is 1. The number of benzene rings is 1. The number of halogens is 2. The van der Waals surface area contributed by atoms with Crippen LogP contribution in [-0.2, 0) is 11.3 Å². The third-order valence-electron chi connectivity index (χ3n) is 4.06. The number of nitrogens with zero attached hydrogens (tertiary/aromatic N) is 2. The van der Waals surface area contributed by atoms with E-state index in [1.54, 1.807) is 4.90 Å². The number of aryl methyl sites for hydroxylation is 1. The van der Waals surface area contributed by atoms with Crippen molar-refractivity contribution in [2.75, 3.05) is 19.6 Å². The third kappa shape index (κ3) is 4.93. The monoisotopic (exact) mass is 400 g/mol. The zero-order chi connectivity index (χ0) is 18.1. The lowest BCUT2D eigenvalue weighted by atomic mass is 10.1. The fourth-order valence-electron chi connectivity index (χ4n) is 2.85. The highest BCUT2D eigenvalue weighted by Gasteiger charge is 2.31. The van der Waals surface area contributed by atoms with Crippen molar-refractivity contribution in [2.45, 2.75) is 52.8 Å². The molecule has 0 aliphatic carbocycles. The summed E-state index contributed by atoms with van der Waals surface area (Å²) in [6, 6.07) is 3.43. The topological polar surface area (TPSA) is 32.8 Å². The summed E-state index contributed by atoms with van der Waals surface area (Å²) >= 11 is 3.35. The lowest BCUT2D eigenvalue weighted by Gasteiger charge is -2.40. The number of rotatable bonds is 2. The molecule has 0 aromatic heterocycles. The lowest BCUT2D eigenvalue weighted by molar-refractivity contribution is 0.000440. The van der Waals surface area contributed by atoms with Crippen LogP contribution in [0.5, 0.6) is 0 Å². The zero-order valence-corrected chi connectivity index (χ0v) is 16.6. The van der Waals surface area contributed by atoms with Crippen molar-refractivity contribution in [2.24, 2.45) is 0 Å². The van der Waals surface area contributed by atoms with Crippen LogP contribution < -0.4 is 0 Å². The summed E-state index contributed by atoms with van der Waals surface area (Å²) in [6.07, 6.45) is -0.277. The van der Waals surface area contributed by atoms with E-state index in [2.05, 4.69) is 20.8 Å². The molecule has 1 saturated heterocycles. The summed E-state index contributed by atoms with van der Waals surface area (Å²) in [6.45, 7) is 12.1. The van der Waals surface area contributed by atoms with E-state index in [0.29, 0.717) is 31.7 Å². The molecule has 1 fully saturated rings. The van der Waals surface area contributed by atoms with E-state index in [-0.39, 0.29) is 18.0 Å². The molecule has 1 aliphatic heterocycles. The number of piperazine rings is 1. The molecule has 134 valence electrons. The maximum Gasteiger partial charge on any atom is 0.410 e. The van der Waals surface area contributed by atoms with Gasteiger partial charge in [-0.15, -0.1) is 0 Å². The summed E-state index contributed by atoms with van der Waals surface area (Å²) in [5.74, 6) is -0.199. The molecule has 1 heterocycles. The fraction of sp³-hybridized carbons (Fsp3) is 0.611. The van der Waals surface area contributed by atoms with Crippen molar-refractivity contribution in [1.82, 2.24) is 9.80 Å². The number of carbonyl (C=O) groups excluding carboxylic acids is 1. The summed E-state index contributed by atoms with van der Waals surface area (Å²) in [7, 11) is 0. The molecule has 6 heteroatoms. The minimum Gasteiger partial charge on any atom is -0.444 e. The molecule has 0 spiro atoms. The van der Waals surface area contributed by atoms with Crippen molar-refractivity contribution in [1.29, 1.82) is 0 Å². The fourth-order valence-corrected chi connectivity index (χ4v) is 3.16. The van der Waals surface area contributed by atoms with Crippen LogP contribution in [0.2, 0.25) is 0 Å². The molecule has 0 radical (unpaired) electrons. The van der Waals surface area contributed by atoms with Gasteiger partial charge in [-0.05, 0) is 46.2 Å². The molecule has 1 aromatic carbocycles. The van der Waals surface area contributed by atoms with Gasteiger partial charge in [-0.1, -0.05) is 22.0 Å². The van der Waals surface area contributed by atoms with Crippen LogP contribution in [-0.4, -0.2) is 47.2 Å². The minimum absolute atomic E-state index is 0.0354. The Morgan fingerprint density at radius 2 is 2.04 bits per heavy atom. The average molecular weight is 401 g/mol. The van der Waals surface area contributed by atoms with Crippen LogP contribution in [0.3, 0.4) is 0 Å². The molecule has 0 bridgehead atoms. The van der Waals surface area contributed by atoms with Gasteiger partial charge in [-0.3, -0.25) is 4.90 Å². The summed E-state index contributed by atoms with van der Waals surface area (Å²) in [4.78, 5) is 16.2. The normalized spacial score (nSPS) is 19.5. The molecule has 1 amide bonds. The molecule has 0 unspecified atom stereocenters. The highest BCUT2D eigenvalue weighted by Crippen LogP contribution is 2.23. The van der Waals surface area contributed by atoms with Gasteiger partial charge in [-0.25, -0.2) is 9.18 Å². The zero-order valence-electron chi connectivity index (χ0n) is 15.0. The lowest BCUT2D eigenvalue weighted by Crippen LogP contribution is -2.54. The van der Waals surface area contributed by atoms with Gasteiger partial charge in [0.25, 0.3) is 0 Å². The predicted molar refractivity (Wildman–Crippen MR) is 96.5 cm³/mol. The molecule has 0 saturated carbocycles. The van der Waals surface area contributed by atoms with Crippen LogP contribution in [0.15, 0.2) is 16.6 Å². The van der Waals surface area contributed by atoms with Crippen LogP contribution >= 0.6 is 15.9 Å². The largest absolute Gasteiger partial charge is 0.444 e. The summed E-state index contributed by atoms with van der Waals surface area (Å²) in [5.41, 5.74) is 1.21. The second kappa shape index (κ2) is 7.40. The highest BCUT2D eigenvalue weighted by molar-refractivity contribution is 9.10. The van der Waals surface area contributed by atoms with Gasteiger partial charge in [0.2, 0.25) is 0 Å². The van der Waals surface area contributed by atoms with E-state index in [9.17, 15) is 9.18 Å². The molecule has 1 atom stereocenters. The molecular formula is C18H26BrFN2O2. The Morgan fingerprint density at radius 1 is 1.38 bits per heavy atom. The van der Waals surface area contributed by atoms with E-state index in [1.165, 1.54) is 6.07 Å². The van der Waals surface area contributed by atoms with E-state index >= 15 is 0 Å². The van der Waals surface area contributed by atoms with E-state index in [4.69, 9.17) is 4.74 Å². The summed E-state index contributed by atoms with van der Waals surface area (Å²) < 4.78 is 20.4. The third-order valence-corrected chi connectivity index (χ3v) is 4.92. The second-order valence-electron chi connectivity index (χ2n) is 7.45. The maximum atomic E-state index is 14.1. The first-order chi connectivity index (χ1) is 11.1. The van der Waals surface area contributed by atoms with Crippen LogP contribution in [0.1, 0.15) is 38.8 Å². The van der Waals surface area contributed by atoms with Gasteiger partial charge >= 0.3 is 6.09 Å². The number of hydrogen-bond acceptors (Lipinski definition) is 3. The van der Waals surface area contributed by atoms with Gasteiger partial charge in [0.05, 0.1) is 0 Å². The van der Waals surface area contributed by atoms with Crippen molar-refractivity contribution >= 4 is 22.0 Å². The van der Waals surface area contributed by atoms with E-state index in [0.717, 1.165) is 10.0 Å². The van der Waals surface area contributed by atoms with Crippen molar-refractivity contribution in [3.8, 4) is 0 Å². The highest BCUT2D eigenvalue weighted by atomic mass is 79.9. The Balaban J connectivity index is 1.98. The first kappa shape index (κ1) is 19.2. The molecule has 1 aromatic rings. The molecule has 24 heavy (non-hydrogen) atoms. The molecule has 1 aliphatic rings. The molecule has 4 nitrogen and oxygen atoms in total. The van der Waals surface area contributed by atoms with Crippen LogP contribution in [0, 0.1) is 12.7 Å². The van der Waals surface area contributed by atoms with Gasteiger partial charge in [0.1, 0.15) is 11.4 Å². The van der Waals surface area contributed by atoms with E-state index in [1.807, 2.05) is 40.7 Å². The molecule has 2 rings (SSSR count). The van der Waals surface area contributed by atoms with Gasteiger partial charge < -0.3 is 9.64 Å². The standard InChI is InChI=1S/C18H26BrFN2O2/c1-12-8-14(16(20)9-15(12)19)11-21-6-7-22(13(2)10-21)17(23)24-18(3,4)5/h8-9,13H,6-7,10-11H2,1-5H3/t13-/m0/s1. The SMILES string of the molecule is Cc1cc(CN2CCN(C(=O)OC(C)(C)C)[C@@H](C)C2)c(F)cc1Br. The number of ether oxygens (including phenoxy) is 1. The van der Waals surface area contributed by atoms with Crippen molar-refractivity contribution in [3.63, 3.8) is 0 Å². The smallest absolute Gasteiger partial charge is 0.410 e.